The number of nitrogens with one attached hydrogen (secondary N) is 1. The molecule has 0 fully saturated rings. The highest BCUT2D eigenvalue weighted by Gasteiger charge is 2.10. The smallest absolute Gasteiger partial charge is 0.178 e. The van der Waals surface area contributed by atoms with Crippen LogP contribution in [-0.2, 0) is 0 Å². The number of pyridine rings is 1. The number of hydrogen-bond donors (Lipinski definition) is 1. The van der Waals surface area contributed by atoms with Gasteiger partial charge < -0.3 is 9.55 Å². The van der Waals surface area contributed by atoms with E-state index in [1.54, 1.807) is 0 Å². The summed E-state index contributed by atoms with van der Waals surface area (Å²) in [7, 11) is 0. The van der Waals surface area contributed by atoms with Crippen molar-refractivity contribution in [3.8, 4) is 0 Å². The fourth-order valence-corrected chi connectivity index (χ4v) is 2.80. The number of nitrogens with zero attached hydrogens (tertiary/aromatic N) is 2. The average Bonchev–Trinajstić information content (AvgIpc) is 2.62. The van der Waals surface area contributed by atoms with Crippen molar-refractivity contribution in [2.24, 2.45) is 0 Å². The van der Waals surface area contributed by atoms with Crippen LogP contribution in [-0.4, -0.2) is 26.5 Å². The summed E-state index contributed by atoms with van der Waals surface area (Å²) in [6.45, 7) is 2.21. The molecule has 2 aromatic heterocycles. The molecule has 0 radical (unpaired) electrons. The van der Waals surface area contributed by atoms with Gasteiger partial charge in [-0.25, -0.2) is 0 Å². The number of H-pyrrole nitrogens is 1. The quantitative estimate of drug-likeness (QED) is 0.848. The van der Waals surface area contributed by atoms with E-state index in [0.29, 0.717) is 6.04 Å². The van der Waals surface area contributed by atoms with Gasteiger partial charge in [-0.1, -0.05) is 0 Å². The monoisotopic (exact) mass is 253 g/mol. The fourth-order valence-electron chi connectivity index (χ4n) is 1.83. The van der Waals surface area contributed by atoms with Gasteiger partial charge in [-0.2, -0.15) is 11.8 Å². The molecule has 1 atom stereocenters. The molecule has 0 aliphatic heterocycles. The van der Waals surface area contributed by atoms with Crippen LogP contribution in [0.25, 0.3) is 11.0 Å². The summed E-state index contributed by atoms with van der Waals surface area (Å²) in [6, 6.07) is 2.44. The summed E-state index contributed by atoms with van der Waals surface area (Å²) in [6.07, 6.45) is 6.89. The van der Waals surface area contributed by atoms with Crippen molar-refractivity contribution in [3.05, 3.63) is 23.2 Å². The number of thioether (sulfide) groups is 1. The predicted molar refractivity (Wildman–Crippen MR) is 72.6 cm³/mol. The van der Waals surface area contributed by atoms with Gasteiger partial charge in [0, 0.05) is 12.2 Å². The van der Waals surface area contributed by atoms with Crippen LogP contribution in [0.5, 0.6) is 0 Å². The van der Waals surface area contributed by atoms with E-state index in [-0.39, 0.29) is 0 Å². The molecule has 86 valence electrons. The number of aromatic amines is 1. The van der Waals surface area contributed by atoms with Gasteiger partial charge >= 0.3 is 0 Å². The zero-order valence-electron chi connectivity index (χ0n) is 9.43. The Morgan fingerprint density at radius 3 is 3.19 bits per heavy atom. The maximum atomic E-state index is 5.35. The van der Waals surface area contributed by atoms with Gasteiger partial charge in [0.25, 0.3) is 0 Å². The largest absolute Gasteiger partial charge is 0.329 e. The van der Waals surface area contributed by atoms with E-state index in [1.165, 1.54) is 0 Å². The third-order valence-corrected chi connectivity index (χ3v) is 3.64. The summed E-state index contributed by atoms with van der Waals surface area (Å²) >= 11 is 7.22. The van der Waals surface area contributed by atoms with E-state index >= 15 is 0 Å². The summed E-state index contributed by atoms with van der Waals surface area (Å²) in [5.74, 6) is 1.15. The van der Waals surface area contributed by atoms with Crippen molar-refractivity contribution in [2.45, 2.75) is 19.4 Å². The molecule has 0 saturated heterocycles. The lowest BCUT2D eigenvalue weighted by atomic mass is 10.2. The molecule has 16 heavy (non-hydrogen) atoms. The predicted octanol–water partition coefficient (Wildman–Crippen LogP) is 3.41. The lowest BCUT2D eigenvalue weighted by Crippen LogP contribution is -2.06. The maximum absolute atomic E-state index is 5.35. The van der Waals surface area contributed by atoms with Crippen LogP contribution in [0.3, 0.4) is 0 Å². The van der Waals surface area contributed by atoms with E-state index in [1.807, 2.05) is 30.2 Å². The van der Waals surface area contributed by atoms with Gasteiger partial charge in [0.15, 0.2) is 4.77 Å². The first kappa shape index (κ1) is 11.7. The molecule has 5 heteroatoms. The molecular formula is C11H15N3S2. The molecule has 0 aliphatic carbocycles. The molecule has 1 N–H and O–H groups in total. The number of rotatable bonds is 4. The van der Waals surface area contributed by atoms with Crippen molar-refractivity contribution in [1.82, 2.24) is 14.5 Å². The SMILES string of the molecule is CSCCC(C)n1c(=S)[nH]c2cnccc21. The molecule has 3 nitrogen and oxygen atoms in total. The Bertz CT molecular complexity index is 529. The summed E-state index contributed by atoms with van der Waals surface area (Å²) in [5.41, 5.74) is 2.16. The van der Waals surface area contributed by atoms with E-state index < -0.39 is 0 Å². The van der Waals surface area contributed by atoms with Crippen LogP contribution in [0.4, 0.5) is 0 Å². The van der Waals surface area contributed by atoms with Crippen molar-refractivity contribution < 1.29 is 0 Å². The van der Waals surface area contributed by atoms with E-state index in [4.69, 9.17) is 12.2 Å². The van der Waals surface area contributed by atoms with Crippen LogP contribution in [0.15, 0.2) is 18.5 Å². The molecule has 0 aromatic carbocycles. The van der Waals surface area contributed by atoms with Gasteiger partial charge in [0.05, 0.1) is 17.2 Å². The molecule has 0 saturated carbocycles. The molecule has 0 amide bonds. The Morgan fingerprint density at radius 1 is 1.62 bits per heavy atom. The Labute approximate surface area is 104 Å². The van der Waals surface area contributed by atoms with E-state index in [0.717, 1.165) is 28.0 Å². The van der Waals surface area contributed by atoms with Gasteiger partial charge in [-0.15, -0.1) is 0 Å². The topological polar surface area (TPSA) is 33.6 Å². The minimum Gasteiger partial charge on any atom is -0.329 e. The third-order valence-electron chi connectivity index (χ3n) is 2.70. The second kappa shape index (κ2) is 5.01. The minimum atomic E-state index is 0.427. The van der Waals surface area contributed by atoms with Crippen molar-refractivity contribution in [2.75, 3.05) is 12.0 Å². The molecular weight excluding hydrogens is 238 g/mol. The first-order chi connectivity index (χ1) is 7.74. The normalized spacial score (nSPS) is 13.1. The minimum absolute atomic E-state index is 0.427. The van der Waals surface area contributed by atoms with Gasteiger partial charge in [-0.3, -0.25) is 4.98 Å². The number of hydrogen-bond acceptors (Lipinski definition) is 3. The molecule has 0 aliphatic rings. The first-order valence-corrected chi connectivity index (χ1v) is 7.07. The number of fused-ring (bicyclic) bond motifs is 1. The Balaban J connectivity index is 2.43. The van der Waals surface area contributed by atoms with Crippen LogP contribution >= 0.6 is 24.0 Å². The van der Waals surface area contributed by atoms with Gasteiger partial charge in [0.1, 0.15) is 0 Å². The second-order valence-corrected chi connectivity index (χ2v) is 5.20. The highest BCUT2D eigenvalue weighted by molar-refractivity contribution is 7.98. The van der Waals surface area contributed by atoms with Gasteiger partial charge in [0.2, 0.25) is 0 Å². The number of imidazole rings is 1. The van der Waals surface area contributed by atoms with E-state index in [9.17, 15) is 0 Å². The molecule has 0 spiro atoms. The summed E-state index contributed by atoms with van der Waals surface area (Å²) in [4.78, 5) is 7.29. The lowest BCUT2D eigenvalue weighted by molar-refractivity contribution is 0.543. The molecule has 2 heterocycles. The molecule has 0 bridgehead atoms. The molecule has 2 rings (SSSR count). The highest BCUT2D eigenvalue weighted by atomic mass is 32.2. The third kappa shape index (κ3) is 2.15. The zero-order valence-corrected chi connectivity index (χ0v) is 11.1. The summed E-state index contributed by atoms with van der Waals surface area (Å²) < 4.78 is 2.97. The standard InChI is InChI=1S/C11H15N3S2/c1-8(4-6-16-2)14-10-3-5-12-7-9(10)13-11(14)15/h3,5,7-8H,4,6H2,1-2H3,(H,13,15). The van der Waals surface area contributed by atoms with Crippen LogP contribution < -0.4 is 0 Å². The van der Waals surface area contributed by atoms with Crippen molar-refractivity contribution >= 4 is 35.0 Å². The molecule has 2 aromatic rings. The van der Waals surface area contributed by atoms with E-state index in [2.05, 4.69) is 27.7 Å². The van der Waals surface area contributed by atoms with Gasteiger partial charge in [-0.05, 0) is 43.6 Å². The number of aromatic nitrogens is 3. The Morgan fingerprint density at radius 2 is 2.44 bits per heavy atom. The second-order valence-electron chi connectivity index (χ2n) is 3.82. The summed E-state index contributed by atoms with van der Waals surface area (Å²) in [5, 5.41) is 0. The Kier molecular flexibility index (Phi) is 3.66. The van der Waals surface area contributed by atoms with Crippen molar-refractivity contribution in [3.63, 3.8) is 0 Å². The molecule has 1 unspecified atom stereocenters. The average molecular weight is 253 g/mol. The highest BCUT2D eigenvalue weighted by Crippen LogP contribution is 2.21. The Hall–Kier alpha value is -0.810. The van der Waals surface area contributed by atoms with Crippen LogP contribution in [0, 0.1) is 4.77 Å². The van der Waals surface area contributed by atoms with Crippen molar-refractivity contribution in [1.29, 1.82) is 0 Å². The zero-order chi connectivity index (χ0) is 11.5. The fraction of sp³-hybridized carbons (Fsp3) is 0.455. The maximum Gasteiger partial charge on any atom is 0.178 e. The van der Waals surface area contributed by atoms with Crippen LogP contribution in [0.1, 0.15) is 19.4 Å². The lowest BCUT2D eigenvalue weighted by Gasteiger charge is -2.13. The first-order valence-electron chi connectivity index (χ1n) is 5.27. The van der Waals surface area contributed by atoms with Crippen LogP contribution in [0.2, 0.25) is 0 Å².